The number of halogens is 3. The van der Waals surface area contributed by atoms with Gasteiger partial charge in [-0.05, 0) is 32.1 Å². The van der Waals surface area contributed by atoms with Gasteiger partial charge in [0.25, 0.3) is 0 Å². The number of amides is 1. The van der Waals surface area contributed by atoms with E-state index in [4.69, 9.17) is 4.74 Å². The number of carbonyl (C=O) groups is 1. The summed E-state index contributed by atoms with van der Waals surface area (Å²) in [5, 5.41) is 0. The van der Waals surface area contributed by atoms with Crippen LogP contribution < -0.4 is 0 Å². The highest BCUT2D eigenvalue weighted by molar-refractivity contribution is 5.78. The lowest BCUT2D eigenvalue weighted by Crippen LogP contribution is -2.48. The predicted molar refractivity (Wildman–Crippen MR) is 87.3 cm³/mol. The van der Waals surface area contributed by atoms with Crippen molar-refractivity contribution in [1.82, 2.24) is 14.7 Å². The molecule has 0 unspecified atom stereocenters. The Morgan fingerprint density at radius 3 is 2.52 bits per heavy atom. The fraction of sp³-hybridized carbons (Fsp3) is 0.941. The predicted octanol–water partition coefficient (Wildman–Crippen LogP) is 1.73. The summed E-state index contributed by atoms with van der Waals surface area (Å²) in [4.78, 5) is 18.0. The second-order valence-electron chi connectivity index (χ2n) is 7.45. The highest BCUT2D eigenvalue weighted by Crippen LogP contribution is 2.24. The van der Waals surface area contributed by atoms with Crippen LogP contribution in [0.3, 0.4) is 0 Å². The summed E-state index contributed by atoms with van der Waals surface area (Å²) < 4.78 is 43.6. The maximum atomic E-state index is 12.6. The number of ether oxygens (including phenoxy) is 1. The van der Waals surface area contributed by atoms with Crippen LogP contribution in [0.4, 0.5) is 13.2 Å². The Morgan fingerprint density at radius 2 is 1.88 bits per heavy atom. The monoisotopic (exact) mass is 363 g/mol. The Morgan fingerprint density at radius 1 is 1.12 bits per heavy atom. The number of nitrogens with zero attached hydrogens (tertiary/aromatic N) is 3. The number of rotatable bonds is 6. The molecule has 144 valence electrons. The van der Waals surface area contributed by atoms with Crippen LogP contribution in [0.5, 0.6) is 0 Å². The van der Waals surface area contributed by atoms with Gasteiger partial charge in [-0.25, -0.2) is 0 Å². The minimum absolute atomic E-state index is 0.00176. The zero-order valence-electron chi connectivity index (χ0n) is 14.6. The Labute approximate surface area is 147 Å². The van der Waals surface area contributed by atoms with Gasteiger partial charge in [0, 0.05) is 45.4 Å². The summed E-state index contributed by atoms with van der Waals surface area (Å²) in [6.45, 7) is 3.23. The molecule has 1 amide bonds. The maximum absolute atomic E-state index is 12.6. The summed E-state index contributed by atoms with van der Waals surface area (Å²) in [7, 11) is 0. The van der Waals surface area contributed by atoms with E-state index in [1.54, 1.807) is 0 Å². The van der Waals surface area contributed by atoms with E-state index in [1.807, 2.05) is 4.90 Å². The molecule has 0 saturated carbocycles. The SMILES string of the molecule is O=C(CN(C[C@H]1CCCO1)[C@H]1CCN(CC(F)(F)F)C1)N1CCCC1. The molecule has 25 heavy (non-hydrogen) atoms. The van der Waals surface area contributed by atoms with Crippen molar-refractivity contribution in [2.75, 3.05) is 52.4 Å². The summed E-state index contributed by atoms with van der Waals surface area (Å²) >= 11 is 0. The molecule has 8 heteroatoms. The highest BCUT2D eigenvalue weighted by Gasteiger charge is 2.37. The van der Waals surface area contributed by atoms with Crippen LogP contribution in [-0.2, 0) is 9.53 Å². The first-order valence-electron chi connectivity index (χ1n) is 9.33. The van der Waals surface area contributed by atoms with Gasteiger partial charge in [-0.2, -0.15) is 13.2 Å². The minimum Gasteiger partial charge on any atom is -0.377 e. The van der Waals surface area contributed by atoms with Crippen molar-refractivity contribution in [2.45, 2.75) is 50.4 Å². The van der Waals surface area contributed by atoms with Crippen molar-refractivity contribution in [3.8, 4) is 0 Å². The first-order valence-corrected chi connectivity index (χ1v) is 9.33. The molecule has 3 fully saturated rings. The summed E-state index contributed by atoms with van der Waals surface area (Å²) in [5.41, 5.74) is 0. The first kappa shape index (κ1) is 18.9. The van der Waals surface area contributed by atoms with Crippen molar-refractivity contribution < 1.29 is 22.7 Å². The molecule has 3 aliphatic rings. The first-order chi connectivity index (χ1) is 11.9. The quantitative estimate of drug-likeness (QED) is 0.720. The third-order valence-electron chi connectivity index (χ3n) is 5.43. The van der Waals surface area contributed by atoms with Crippen molar-refractivity contribution in [3.05, 3.63) is 0 Å². The summed E-state index contributed by atoms with van der Waals surface area (Å²) in [6.07, 6.45) is 0.677. The fourth-order valence-corrected chi connectivity index (χ4v) is 4.14. The fourth-order valence-electron chi connectivity index (χ4n) is 4.14. The number of carbonyl (C=O) groups excluding carboxylic acids is 1. The number of hydrogen-bond donors (Lipinski definition) is 0. The van der Waals surface area contributed by atoms with Crippen molar-refractivity contribution >= 4 is 5.91 Å². The van der Waals surface area contributed by atoms with Crippen LogP contribution in [0.1, 0.15) is 32.1 Å². The van der Waals surface area contributed by atoms with E-state index in [-0.39, 0.29) is 18.1 Å². The van der Waals surface area contributed by atoms with Crippen LogP contribution in [0.2, 0.25) is 0 Å². The van der Waals surface area contributed by atoms with Gasteiger partial charge in [0.05, 0.1) is 19.2 Å². The van der Waals surface area contributed by atoms with E-state index < -0.39 is 12.7 Å². The molecule has 2 atom stereocenters. The van der Waals surface area contributed by atoms with Gasteiger partial charge in [0.2, 0.25) is 5.91 Å². The largest absolute Gasteiger partial charge is 0.401 e. The molecule has 3 rings (SSSR count). The van der Waals surface area contributed by atoms with E-state index in [1.165, 1.54) is 4.90 Å². The zero-order chi connectivity index (χ0) is 17.9. The Balaban J connectivity index is 1.58. The lowest BCUT2D eigenvalue weighted by molar-refractivity contribution is -0.144. The van der Waals surface area contributed by atoms with E-state index in [0.29, 0.717) is 32.6 Å². The van der Waals surface area contributed by atoms with E-state index in [0.717, 1.165) is 45.4 Å². The molecule has 0 spiro atoms. The molecule has 3 heterocycles. The van der Waals surface area contributed by atoms with Gasteiger partial charge in [-0.3, -0.25) is 14.6 Å². The van der Waals surface area contributed by atoms with Gasteiger partial charge in [0.15, 0.2) is 0 Å². The van der Waals surface area contributed by atoms with Crippen LogP contribution in [0.15, 0.2) is 0 Å². The maximum Gasteiger partial charge on any atom is 0.401 e. The normalized spacial score (nSPS) is 28.4. The molecule has 0 N–H and O–H groups in total. The number of hydrogen-bond acceptors (Lipinski definition) is 4. The average Bonchev–Trinajstić information content (AvgIpc) is 3.27. The average molecular weight is 363 g/mol. The van der Waals surface area contributed by atoms with E-state index in [9.17, 15) is 18.0 Å². The van der Waals surface area contributed by atoms with E-state index in [2.05, 4.69) is 4.90 Å². The molecule has 3 aliphatic heterocycles. The molecular weight excluding hydrogens is 335 g/mol. The van der Waals surface area contributed by atoms with Crippen molar-refractivity contribution in [1.29, 1.82) is 0 Å². The second-order valence-corrected chi connectivity index (χ2v) is 7.45. The molecule has 5 nitrogen and oxygen atoms in total. The Bertz CT molecular complexity index is 449. The minimum atomic E-state index is -4.17. The third kappa shape index (κ3) is 5.56. The molecule has 0 aromatic rings. The molecule has 3 saturated heterocycles. The smallest absolute Gasteiger partial charge is 0.377 e. The van der Waals surface area contributed by atoms with Crippen molar-refractivity contribution in [3.63, 3.8) is 0 Å². The molecule has 0 aromatic heterocycles. The van der Waals surface area contributed by atoms with Gasteiger partial charge in [0.1, 0.15) is 0 Å². The Kier molecular flexibility index (Phi) is 6.22. The topological polar surface area (TPSA) is 36.0 Å². The van der Waals surface area contributed by atoms with Crippen LogP contribution in [0.25, 0.3) is 0 Å². The van der Waals surface area contributed by atoms with Crippen LogP contribution >= 0.6 is 0 Å². The Hall–Kier alpha value is -0.860. The summed E-state index contributed by atoms with van der Waals surface area (Å²) in [5.74, 6) is 0.102. The van der Waals surface area contributed by atoms with Crippen molar-refractivity contribution in [2.24, 2.45) is 0 Å². The lowest BCUT2D eigenvalue weighted by atomic mass is 10.1. The van der Waals surface area contributed by atoms with Gasteiger partial charge in [-0.15, -0.1) is 0 Å². The third-order valence-corrected chi connectivity index (χ3v) is 5.43. The van der Waals surface area contributed by atoms with E-state index >= 15 is 0 Å². The van der Waals surface area contributed by atoms with Gasteiger partial charge < -0.3 is 9.64 Å². The zero-order valence-corrected chi connectivity index (χ0v) is 14.6. The molecule has 0 aromatic carbocycles. The molecular formula is C17H28F3N3O2. The lowest BCUT2D eigenvalue weighted by Gasteiger charge is -2.32. The van der Waals surface area contributed by atoms with Gasteiger partial charge in [-0.1, -0.05) is 0 Å². The second kappa shape index (κ2) is 8.22. The van der Waals surface area contributed by atoms with Crippen LogP contribution in [0, 0.1) is 0 Å². The highest BCUT2D eigenvalue weighted by atomic mass is 19.4. The molecule has 0 aliphatic carbocycles. The van der Waals surface area contributed by atoms with Crippen LogP contribution in [-0.4, -0.2) is 91.3 Å². The number of likely N-dealkylation sites (tertiary alicyclic amines) is 2. The summed E-state index contributed by atoms with van der Waals surface area (Å²) in [6, 6.07) is -0.00176. The van der Waals surface area contributed by atoms with Gasteiger partial charge >= 0.3 is 6.18 Å². The molecule has 0 bridgehead atoms. The number of alkyl halides is 3. The molecule has 0 radical (unpaired) electrons. The standard InChI is InChI=1S/C17H28F3N3O2/c18-17(19,20)13-21-8-5-14(10-21)23(11-15-4-3-9-25-15)12-16(24)22-6-1-2-7-22/h14-15H,1-13H2/t14-,15+/m0/s1.